The minimum Gasteiger partial charge on any atom is -0.337 e. The second-order valence-electron chi connectivity index (χ2n) is 6.62. The van der Waals surface area contributed by atoms with Gasteiger partial charge in [-0.2, -0.15) is 5.10 Å². The number of rotatable bonds is 7. The number of fused-ring (bicyclic) bond motifs is 1. The minimum atomic E-state index is -0.564. The molecule has 6 nitrogen and oxygen atoms in total. The molecule has 0 unspecified atom stereocenters. The van der Waals surface area contributed by atoms with Crippen LogP contribution in [-0.4, -0.2) is 40.6 Å². The van der Waals surface area contributed by atoms with E-state index < -0.39 is 5.82 Å². The predicted octanol–water partition coefficient (Wildman–Crippen LogP) is 2.46. The van der Waals surface area contributed by atoms with Crippen LogP contribution >= 0.6 is 0 Å². The van der Waals surface area contributed by atoms with E-state index in [1.165, 1.54) is 6.07 Å². The van der Waals surface area contributed by atoms with Crippen molar-refractivity contribution in [2.24, 2.45) is 5.73 Å². The number of nitrogens with zero attached hydrogens (tertiary/aromatic N) is 2. The molecular weight excluding hydrogens is 359 g/mol. The van der Waals surface area contributed by atoms with E-state index in [0.29, 0.717) is 37.1 Å². The minimum absolute atomic E-state index is 0.0214. The zero-order chi connectivity index (χ0) is 20.1. The zero-order valence-electron chi connectivity index (χ0n) is 15.7. The van der Waals surface area contributed by atoms with E-state index in [1.807, 2.05) is 19.1 Å². The summed E-state index contributed by atoms with van der Waals surface area (Å²) in [6, 6.07) is 11.7. The lowest BCUT2D eigenvalue weighted by atomic mass is 10.0. The first-order valence-electron chi connectivity index (χ1n) is 9.29. The Kier molecular flexibility index (Phi) is 6.16. The van der Waals surface area contributed by atoms with Gasteiger partial charge in [-0.25, -0.2) is 9.49 Å². The molecule has 0 saturated carbocycles. The van der Waals surface area contributed by atoms with Gasteiger partial charge in [0.2, 0.25) is 0 Å². The Morgan fingerprint density at radius 3 is 2.64 bits per heavy atom. The lowest BCUT2D eigenvalue weighted by molar-refractivity contribution is 0.0755. The average molecular weight is 382 g/mol. The summed E-state index contributed by atoms with van der Waals surface area (Å²) in [5, 5.41) is 7.92. The van der Waals surface area contributed by atoms with Gasteiger partial charge in [0.15, 0.2) is 0 Å². The molecule has 3 N–H and O–H groups in total. The van der Waals surface area contributed by atoms with Gasteiger partial charge in [0, 0.05) is 31.4 Å². The molecule has 0 bridgehead atoms. The standard InChI is InChI=1S/C21H23FN4O2/c1-2-10-26(11-9-23)21(28)17-12-14(7-8-18(17)22)13-19-15-5-3-4-6-16(15)20(27)25-24-19/h3-8,12H,2,9-11,13,23H2,1H3,(H,25,27). The summed E-state index contributed by atoms with van der Waals surface area (Å²) in [6.07, 6.45) is 1.13. The molecule has 3 aromatic rings. The van der Waals surface area contributed by atoms with E-state index in [4.69, 9.17) is 5.73 Å². The Morgan fingerprint density at radius 1 is 1.18 bits per heavy atom. The molecule has 28 heavy (non-hydrogen) atoms. The van der Waals surface area contributed by atoms with E-state index in [1.54, 1.807) is 29.2 Å². The van der Waals surface area contributed by atoms with E-state index in [0.717, 1.165) is 17.4 Å². The van der Waals surface area contributed by atoms with E-state index in [9.17, 15) is 14.0 Å². The van der Waals surface area contributed by atoms with Crippen LogP contribution < -0.4 is 11.3 Å². The Labute approximate surface area is 162 Å². The van der Waals surface area contributed by atoms with E-state index in [2.05, 4.69) is 10.2 Å². The highest BCUT2D eigenvalue weighted by molar-refractivity contribution is 5.94. The SMILES string of the molecule is CCCN(CCN)C(=O)c1cc(Cc2n[nH]c(=O)c3ccccc23)ccc1F. The highest BCUT2D eigenvalue weighted by Gasteiger charge is 2.19. The molecular formula is C21H23FN4O2. The fourth-order valence-electron chi connectivity index (χ4n) is 3.26. The second kappa shape index (κ2) is 8.75. The molecule has 0 atom stereocenters. The van der Waals surface area contributed by atoms with Crippen molar-refractivity contribution in [2.75, 3.05) is 19.6 Å². The molecule has 0 spiro atoms. The number of halogens is 1. The molecule has 0 aliphatic carbocycles. The van der Waals surface area contributed by atoms with Crippen molar-refractivity contribution in [3.8, 4) is 0 Å². The van der Waals surface area contributed by atoms with Gasteiger partial charge in [-0.1, -0.05) is 31.2 Å². The largest absolute Gasteiger partial charge is 0.337 e. The third kappa shape index (κ3) is 4.09. The van der Waals surface area contributed by atoms with Crippen molar-refractivity contribution in [3.05, 3.63) is 75.5 Å². The van der Waals surface area contributed by atoms with Gasteiger partial charge in [-0.05, 0) is 30.2 Å². The number of hydrogen-bond donors (Lipinski definition) is 2. The Hall–Kier alpha value is -3.06. The van der Waals surface area contributed by atoms with Gasteiger partial charge in [-0.15, -0.1) is 0 Å². The van der Waals surface area contributed by atoms with Gasteiger partial charge in [0.25, 0.3) is 11.5 Å². The van der Waals surface area contributed by atoms with Crippen molar-refractivity contribution >= 4 is 16.7 Å². The molecule has 3 rings (SSSR count). The first kappa shape index (κ1) is 19.7. The Balaban J connectivity index is 1.95. The van der Waals surface area contributed by atoms with Gasteiger partial charge in [0.1, 0.15) is 5.82 Å². The molecule has 7 heteroatoms. The number of H-pyrrole nitrogens is 1. The number of carbonyl (C=O) groups excluding carboxylic acids is 1. The summed E-state index contributed by atoms with van der Waals surface area (Å²) in [6.45, 7) is 3.17. The Morgan fingerprint density at radius 2 is 1.93 bits per heavy atom. The lowest BCUT2D eigenvalue weighted by Gasteiger charge is -2.22. The summed E-state index contributed by atoms with van der Waals surface area (Å²) >= 11 is 0. The van der Waals surface area contributed by atoms with Crippen LogP contribution in [0.3, 0.4) is 0 Å². The van der Waals surface area contributed by atoms with Crippen LogP contribution in [-0.2, 0) is 6.42 Å². The van der Waals surface area contributed by atoms with Gasteiger partial charge in [0.05, 0.1) is 16.6 Å². The number of aromatic nitrogens is 2. The van der Waals surface area contributed by atoms with Gasteiger partial charge >= 0.3 is 0 Å². The number of nitrogens with one attached hydrogen (secondary N) is 1. The number of amides is 1. The van der Waals surface area contributed by atoms with Crippen LogP contribution in [0.5, 0.6) is 0 Å². The highest BCUT2D eigenvalue weighted by Crippen LogP contribution is 2.19. The van der Waals surface area contributed by atoms with Crippen LogP contribution in [0.25, 0.3) is 10.8 Å². The quantitative estimate of drug-likeness (QED) is 0.657. The van der Waals surface area contributed by atoms with Crippen LogP contribution in [0, 0.1) is 5.82 Å². The van der Waals surface area contributed by atoms with E-state index in [-0.39, 0.29) is 17.0 Å². The summed E-state index contributed by atoms with van der Waals surface area (Å²) in [7, 11) is 0. The van der Waals surface area contributed by atoms with Crippen molar-refractivity contribution in [2.45, 2.75) is 19.8 Å². The molecule has 0 aliphatic rings. The molecule has 0 radical (unpaired) electrons. The monoisotopic (exact) mass is 382 g/mol. The maximum atomic E-state index is 14.4. The van der Waals surface area contributed by atoms with Crippen LogP contribution in [0.4, 0.5) is 4.39 Å². The third-order valence-electron chi connectivity index (χ3n) is 4.59. The fourth-order valence-corrected chi connectivity index (χ4v) is 3.26. The number of hydrogen-bond acceptors (Lipinski definition) is 4. The number of aromatic amines is 1. The molecule has 2 aromatic carbocycles. The molecule has 0 aliphatic heterocycles. The van der Waals surface area contributed by atoms with Crippen molar-refractivity contribution in [3.63, 3.8) is 0 Å². The normalized spacial score (nSPS) is 11.0. The van der Waals surface area contributed by atoms with Gasteiger partial charge in [-0.3, -0.25) is 9.59 Å². The number of carbonyl (C=O) groups is 1. The van der Waals surface area contributed by atoms with Crippen LogP contribution in [0.1, 0.15) is 35.0 Å². The molecule has 0 saturated heterocycles. The molecule has 0 fully saturated rings. The summed E-state index contributed by atoms with van der Waals surface area (Å²) in [5.74, 6) is -0.933. The maximum Gasteiger partial charge on any atom is 0.272 e. The molecule has 1 heterocycles. The third-order valence-corrected chi connectivity index (χ3v) is 4.59. The fraction of sp³-hybridized carbons (Fsp3) is 0.286. The first-order chi connectivity index (χ1) is 13.5. The molecule has 146 valence electrons. The summed E-state index contributed by atoms with van der Waals surface area (Å²) in [5.41, 5.74) is 6.74. The van der Waals surface area contributed by atoms with Crippen LogP contribution in [0.15, 0.2) is 47.3 Å². The molecule has 1 amide bonds. The van der Waals surface area contributed by atoms with E-state index >= 15 is 0 Å². The predicted molar refractivity (Wildman–Crippen MR) is 107 cm³/mol. The highest BCUT2D eigenvalue weighted by atomic mass is 19.1. The van der Waals surface area contributed by atoms with Crippen molar-refractivity contribution in [1.29, 1.82) is 0 Å². The van der Waals surface area contributed by atoms with Gasteiger partial charge < -0.3 is 10.6 Å². The van der Waals surface area contributed by atoms with Crippen molar-refractivity contribution in [1.82, 2.24) is 15.1 Å². The number of nitrogens with two attached hydrogens (primary N) is 1. The number of benzene rings is 2. The smallest absolute Gasteiger partial charge is 0.272 e. The average Bonchev–Trinajstić information content (AvgIpc) is 2.71. The second-order valence-corrected chi connectivity index (χ2v) is 6.62. The topological polar surface area (TPSA) is 92.1 Å². The zero-order valence-corrected chi connectivity index (χ0v) is 15.7. The summed E-state index contributed by atoms with van der Waals surface area (Å²) < 4.78 is 14.4. The summed E-state index contributed by atoms with van der Waals surface area (Å²) in [4.78, 5) is 26.3. The van der Waals surface area contributed by atoms with Crippen LogP contribution in [0.2, 0.25) is 0 Å². The Bertz CT molecular complexity index is 1040. The maximum absolute atomic E-state index is 14.4. The lowest BCUT2D eigenvalue weighted by Crippen LogP contribution is -2.36. The van der Waals surface area contributed by atoms with Crippen molar-refractivity contribution < 1.29 is 9.18 Å². The first-order valence-corrected chi connectivity index (χ1v) is 9.29. The molecule has 1 aromatic heterocycles.